The second-order valence-electron chi connectivity index (χ2n) is 2.68. The van der Waals surface area contributed by atoms with Crippen molar-refractivity contribution in [3.63, 3.8) is 0 Å². The smallest absolute Gasteiger partial charge is 0.207 e. The van der Waals surface area contributed by atoms with E-state index in [1.54, 1.807) is 0 Å². The fraction of sp³-hybridized carbons (Fsp3) is 0.833. The van der Waals surface area contributed by atoms with Gasteiger partial charge in [0.1, 0.15) is 0 Å². The van der Waals surface area contributed by atoms with Crippen molar-refractivity contribution in [3.05, 3.63) is 5.92 Å². The van der Waals surface area contributed by atoms with E-state index in [9.17, 15) is 8.78 Å². The van der Waals surface area contributed by atoms with Crippen LogP contribution in [0.1, 0.15) is 19.3 Å². The number of halogens is 2. The van der Waals surface area contributed by atoms with Crippen LogP contribution in [0.25, 0.3) is 0 Å². The average molecular weight is 117 g/mol. The number of hydrogen-bond donors (Lipinski definition) is 0. The first-order chi connectivity index (χ1) is 3.70. The normalized spacial score (nSPS) is 42.0. The topological polar surface area (TPSA) is 0 Å². The molecular formula is C6H7F2. The molecule has 8 heavy (non-hydrogen) atoms. The van der Waals surface area contributed by atoms with Crippen LogP contribution in [0.15, 0.2) is 0 Å². The fourth-order valence-electron chi connectivity index (χ4n) is 1.08. The number of alkyl halides is 2. The van der Waals surface area contributed by atoms with E-state index < -0.39 is 5.92 Å². The third-order valence-corrected chi connectivity index (χ3v) is 1.86. The maximum absolute atomic E-state index is 12.1. The third-order valence-electron chi connectivity index (χ3n) is 1.86. The van der Waals surface area contributed by atoms with E-state index in [2.05, 4.69) is 0 Å². The molecule has 0 heterocycles. The highest BCUT2D eigenvalue weighted by Gasteiger charge is 2.62. The van der Waals surface area contributed by atoms with E-state index >= 15 is 0 Å². The summed E-state index contributed by atoms with van der Waals surface area (Å²) in [7, 11) is 0. The molecule has 0 aromatic carbocycles. The largest absolute Gasteiger partial charge is 0.252 e. The Morgan fingerprint density at radius 2 is 1.88 bits per heavy atom. The van der Waals surface area contributed by atoms with Gasteiger partial charge in [0, 0.05) is 12.3 Å². The zero-order chi connectivity index (χ0) is 5.78. The van der Waals surface area contributed by atoms with Crippen LogP contribution in [0, 0.1) is 11.8 Å². The molecule has 0 aromatic rings. The van der Waals surface area contributed by atoms with E-state index in [0.29, 0.717) is 0 Å². The molecular weight excluding hydrogens is 110 g/mol. The molecule has 0 bridgehead atoms. The van der Waals surface area contributed by atoms with E-state index in [-0.39, 0.29) is 12.3 Å². The zero-order valence-corrected chi connectivity index (χ0v) is 4.45. The average Bonchev–Trinajstić information content (AvgIpc) is 2.37. The van der Waals surface area contributed by atoms with Crippen LogP contribution in [-0.4, -0.2) is 5.92 Å². The first-order valence-corrected chi connectivity index (χ1v) is 2.92. The van der Waals surface area contributed by atoms with Gasteiger partial charge in [0.15, 0.2) is 0 Å². The van der Waals surface area contributed by atoms with Gasteiger partial charge in [-0.3, -0.25) is 0 Å². The molecule has 0 amide bonds. The Balaban J connectivity index is 1.95. The molecule has 1 atom stereocenters. The first-order valence-electron chi connectivity index (χ1n) is 2.92. The standard InChI is InChI=1S/C6H7F2/c7-6(8)3-5(6)4-1-2-4/h5H,1-3H2. The van der Waals surface area contributed by atoms with Crippen LogP contribution in [0.3, 0.4) is 0 Å². The summed E-state index contributed by atoms with van der Waals surface area (Å²) in [4.78, 5) is 0. The van der Waals surface area contributed by atoms with Crippen molar-refractivity contribution in [2.24, 2.45) is 5.92 Å². The molecule has 0 nitrogen and oxygen atoms in total. The van der Waals surface area contributed by atoms with Crippen molar-refractivity contribution in [3.8, 4) is 0 Å². The molecule has 2 rings (SSSR count). The Morgan fingerprint density at radius 1 is 1.38 bits per heavy atom. The maximum Gasteiger partial charge on any atom is 0.252 e. The summed E-state index contributed by atoms with van der Waals surface area (Å²) in [5.74, 6) is -1.47. The number of hydrogen-bond acceptors (Lipinski definition) is 0. The monoisotopic (exact) mass is 117 g/mol. The van der Waals surface area contributed by atoms with Crippen molar-refractivity contribution >= 4 is 0 Å². The summed E-state index contributed by atoms with van der Waals surface area (Å²) < 4.78 is 24.1. The van der Waals surface area contributed by atoms with E-state index in [1.807, 2.05) is 0 Å². The van der Waals surface area contributed by atoms with Crippen LogP contribution >= 0.6 is 0 Å². The minimum atomic E-state index is -2.29. The molecule has 1 radical (unpaired) electrons. The van der Waals surface area contributed by atoms with Gasteiger partial charge in [0.25, 0.3) is 5.92 Å². The second-order valence-corrected chi connectivity index (χ2v) is 2.68. The molecule has 0 N–H and O–H groups in total. The van der Waals surface area contributed by atoms with E-state index in [0.717, 1.165) is 18.8 Å². The highest BCUT2D eigenvalue weighted by molar-refractivity contribution is 5.21. The van der Waals surface area contributed by atoms with E-state index in [4.69, 9.17) is 0 Å². The Kier molecular flexibility index (Phi) is 0.628. The van der Waals surface area contributed by atoms with E-state index in [1.165, 1.54) is 0 Å². The highest BCUT2D eigenvalue weighted by Crippen LogP contribution is 2.61. The molecule has 2 heteroatoms. The van der Waals surface area contributed by atoms with Crippen LogP contribution in [0.5, 0.6) is 0 Å². The zero-order valence-electron chi connectivity index (χ0n) is 4.45. The lowest BCUT2D eigenvalue weighted by Gasteiger charge is -1.88. The Morgan fingerprint density at radius 3 is 2.00 bits per heavy atom. The molecule has 0 aromatic heterocycles. The van der Waals surface area contributed by atoms with Crippen molar-refractivity contribution in [2.45, 2.75) is 25.2 Å². The highest BCUT2D eigenvalue weighted by atomic mass is 19.3. The molecule has 2 fully saturated rings. The van der Waals surface area contributed by atoms with Crippen molar-refractivity contribution in [1.29, 1.82) is 0 Å². The van der Waals surface area contributed by atoms with Gasteiger partial charge in [0.2, 0.25) is 0 Å². The summed E-state index contributed by atoms with van der Waals surface area (Å²) in [6.07, 6.45) is 2.09. The Bertz CT molecular complexity index is 116. The van der Waals surface area contributed by atoms with Crippen LogP contribution in [0.4, 0.5) is 8.78 Å². The summed E-state index contributed by atoms with van der Waals surface area (Å²) >= 11 is 0. The second kappa shape index (κ2) is 1.07. The summed E-state index contributed by atoms with van der Waals surface area (Å²) in [5.41, 5.74) is 0. The molecule has 2 aliphatic carbocycles. The van der Waals surface area contributed by atoms with Crippen molar-refractivity contribution < 1.29 is 8.78 Å². The van der Waals surface area contributed by atoms with Gasteiger partial charge in [-0.25, -0.2) is 8.78 Å². The third kappa shape index (κ3) is 0.550. The van der Waals surface area contributed by atoms with Crippen molar-refractivity contribution in [1.82, 2.24) is 0 Å². The van der Waals surface area contributed by atoms with Crippen molar-refractivity contribution in [2.75, 3.05) is 0 Å². The van der Waals surface area contributed by atoms with Gasteiger partial charge >= 0.3 is 0 Å². The minimum Gasteiger partial charge on any atom is -0.207 e. The van der Waals surface area contributed by atoms with Crippen LogP contribution < -0.4 is 0 Å². The Hall–Kier alpha value is -0.140. The molecule has 2 saturated carbocycles. The Labute approximate surface area is 46.9 Å². The molecule has 0 aliphatic heterocycles. The molecule has 0 spiro atoms. The summed E-state index contributed by atoms with van der Waals surface area (Å²) in [6, 6.07) is 0. The predicted octanol–water partition coefficient (Wildman–Crippen LogP) is 2.01. The minimum absolute atomic E-state index is 0.141. The molecule has 0 saturated heterocycles. The lowest BCUT2D eigenvalue weighted by Crippen LogP contribution is -1.92. The van der Waals surface area contributed by atoms with Gasteiger partial charge < -0.3 is 0 Å². The summed E-state index contributed by atoms with van der Waals surface area (Å²) in [5, 5.41) is 0. The van der Waals surface area contributed by atoms with Gasteiger partial charge in [-0.05, 0) is 18.8 Å². The molecule has 45 valence electrons. The van der Waals surface area contributed by atoms with Crippen LogP contribution in [0.2, 0.25) is 0 Å². The number of rotatable bonds is 1. The van der Waals surface area contributed by atoms with Gasteiger partial charge in [-0.15, -0.1) is 0 Å². The lowest BCUT2D eigenvalue weighted by molar-refractivity contribution is 0.104. The maximum atomic E-state index is 12.1. The SMILES string of the molecule is FC1(F)CC1[C]1CC1. The van der Waals surface area contributed by atoms with Gasteiger partial charge in [-0.2, -0.15) is 0 Å². The van der Waals surface area contributed by atoms with Gasteiger partial charge in [0.05, 0.1) is 0 Å². The molecule has 2 aliphatic rings. The fourth-order valence-corrected chi connectivity index (χ4v) is 1.08. The first kappa shape index (κ1) is 4.71. The van der Waals surface area contributed by atoms with Crippen LogP contribution in [-0.2, 0) is 0 Å². The summed E-state index contributed by atoms with van der Waals surface area (Å²) in [6.45, 7) is 0. The van der Waals surface area contributed by atoms with Gasteiger partial charge in [-0.1, -0.05) is 0 Å². The predicted molar refractivity (Wildman–Crippen MR) is 25.5 cm³/mol. The molecule has 1 unspecified atom stereocenters. The lowest BCUT2D eigenvalue weighted by atomic mass is 10.3. The quantitative estimate of drug-likeness (QED) is 0.492.